The molecule has 0 radical (unpaired) electrons. The lowest BCUT2D eigenvalue weighted by atomic mass is 9.87. The van der Waals surface area contributed by atoms with Crippen LogP contribution in [0, 0.1) is 5.82 Å². The van der Waals surface area contributed by atoms with Crippen LogP contribution in [0.5, 0.6) is 0 Å². The number of imidazole rings is 1. The summed E-state index contributed by atoms with van der Waals surface area (Å²) in [5, 5.41) is 0.714. The minimum atomic E-state index is -0.278. The van der Waals surface area contributed by atoms with Gasteiger partial charge in [-0.3, -0.25) is 9.52 Å². The number of carbonyl (C=O) groups is 1. The van der Waals surface area contributed by atoms with E-state index < -0.39 is 0 Å². The van der Waals surface area contributed by atoms with Gasteiger partial charge in [0.25, 0.3) is 0 Å². The van der Waals surface area contributed by atoms with E-state index >= 15 is 0 Å². The maximum atomic E-state index is 13.8. The first-order valence-electron chi connectivity index (χ1n) is 14.2. The zero-order valence-corrected chi connectivity index (χ0v) is 25.7. The maximum absolute atomic E-state index is 13.8. The fraction of sp³-hybridized carbons (Fsp3) is 0.333. The van der Waals surface area contributed by atoms with Crippen LogP contribution in [0.4, 0.5) is 10.1 Å². The Hall–Kier alpha value is -3.13. The Kier molecular flexibility index (Phi) is 11.0. The molecule has 0 saturated carbocycles. The summed E-state index contributed by atoms with van der Waals surface area (Å²) >= 11 is 7.76. The van der Waals surface area contributed by atoms with E-state index in [0.29, 0.717) is 18.0 Å². The van der Waals surface area contributed by atoms with E-state index in [0.717, 1.165) is 41.2 Å². The van der Waals surface area contributed by atoms with Gasteiger partial charge in [-0.2, -0.15) is 0 Å². The average Bonchev–Trinajstić information content (AvgIpc) is 3.40. The number of hydrogen-bond acceptors (Lipinski definition) is 4. The molecular formula is C33H38ClFN4OS. The first-order chi connectivity index (χ1) is 19.9. The van der Waals surface area contributed by atoms with Crippen molar-refractivity contribution in [2.45, 2.75) is 69.9 Å². The quantitative estimate of drug-likeness (QED) is 0.198. The summed E-state index contributed by atoms with van der Waals surface area (Å²) in [4.78, 5) is 21.2. The molecule has 0 saturated heterocycles. The third-order valence-corrected chi connectivity index (χ3v) is 8.44. The molecule has 1 heterocycles. The molecule has 5 rings (SSSR count). The SMILES string of the molecule is CC.C[C@@H](CC(=O)N(Cc1nccn1C)c1ccc2c(c1)C(NSc1cccc(Cl)c1)CCC2)c1ccc(F)cc1. The van der Waals surface area contributed by atoms with Crippen molar-refractivity contribution in [1.29, 1.82) is 0 Å². The van der Waals surface area contributed by atoms with Gasteiger partial charge in [0.1, 0.15) is 11.6 Å². The van der Waals surface area contributed by atoms with Crippen LogP contribution in [0.25, 0.3) is 0 Å². The van der Waals surface area contributed by atoms with Gasteiger partial charge in [0.05, 0.1) is 6.54 Å². The largest absolute Gasteiger partial charge is 0.337 e. The van der Waals surface area contributed by atoms with Crippen molar-refractivity contribution >= 4 is 35.1 Å². The Morgan fingerprint density at radius 3 is 2.66 bits per heavy atom. The van der Waals surface area contributed by atoms with Gasteiger partial charge >= 0.3 is 0 Å². The zero-order valence-electron chi connectivity index (χ0n) is 24.1. The smallest absolute Gasteiger partial charge is 0.228 e. The molecule has 0 fully saturated rings. The van der Waals surface area contributed by atoms with Crippen LogP contribution in [-0.2, 0) is 24.8 Å². The molecule has 1 N–H and O–H groups in total. The van der Waals surface area contributed by atoms with Gasteiger partial charge in [-0.1, -0.05) is 56.6 Å². The second-order valence-corrected chi connectivity index (χ2v) is 11.4. The Balaban J connectivity index is 0.00000189. The van der Waals surface area contributed by atoms with Gasteiger partial charge in [0.2, 0.25) is 5.91 Å². The summed E-state index contributed by atoms with van der Waals surface area (Å²) < 4.78 is 19.0. The summed E-state index contributed by atoms with van der Waals surface area (Å²) in [5.74, 6) is 0.479. The number of benzene rings is 3. The normalized spacial score (nSPS) is 14.9. The summed E-state index contributed by atoms with van der Waals surface area (Å²) in [6.07, 6.45) is 7.08. The highest BCUT2D eigenvalue weighted by molar-refractivity contribution is 7.97. The lowest BCUT2D eigenvalue weighted by Crippen LogP contribution is -2.33. The van der Waals surface area contributed by atoms with Gasteiger partial charge < -0.3 is 9.47 Å². The van der Waals surface area contributed by atoms with E-state index in [2.05, 4.69) is 27.9 Å². The topological polar surface area (TPSA) is 50.2 Å². The number of anilines is 1. The lowest BCUT2D eigenvalue weighted by molar-refractivity contribution is -0.119. The van der Waals surface area contributed by atoms with Gasteiger partial charge in [0, 0.05) is 47.5 Å². The van der Waals surface area contributed by atoms with E-state index in [1.165, 1.54) is 23.3 Å². The van der Waals surface area contributed by atoms with E-state index in [4.69, 9.17) is 11.6 Å². The van der Waals surface area contributed by atoms with Crippen molar-refractivity contribution in [1.82, 2.24) is 14.3 Å². The number of aromatic nitrogens is 2. The highest BCUT2D eigenvalue weighted by Gasteiger charge is 2.25. The monoisotopic (exact) mass is 592 g/mol. The van der Waals surface area contributed by atoms with E-state index in [9.17, 15) is 9.18 Å². The van der Waals surface area contributed by atoms with Gasteiger partial charge in [-0.25, -0.2) is 9.37 Å². The highest BCUT2D eigenvalue weighted by Crippen LogP contribution is 2.36. The maximum Gasteiger partial charge on any atom is 0.228 e. The third-order valence-electron chi connectivity index (χ3n) is 7.31. The zero-order chi connectivity index (χ0) is 29.4. The number of halogens is 2. The number of amides is 1. The molecule has 0 spiro atoms. The third kappa shape index (κ3) is 8.00. The van der Waals surface area contributed by atoms with Crippen LogP contribution in [0.15, 0.2) is 84.0 Å². The van der Waals surface area contributed by atoms with Crippen LogP contribution in [0.3, 0.4) is 0 Å². The van der Waals surface area contributed by atoms with E-state index in [-0.39, 0.29) is 23.7 Å². The second-order valence-electron chi connectivity index (χ2n) is 10.1. The Bertz CT molecular complexity index is 1440. The first-order valence-corrected chi connectivity index (χ1v) is 15.4. The molecule has 41 heavy (non-hydrogen) atoms. The fourth-order valence-corrected chi connectivity index (χ4v) is 6.15. The molecule has 1 amide bonds. The second kappa shape index (κ2) is 14.7. The summed E-state index contributed by atoms with van der Waals surface area (Å²) in [5.41, 5.74) is 4.32. The minimum absolute atomic E-state index is 0.00314. The standard InChI is InChI=1S/C31H32ClFN4OS.C2H6/c1-21(22-9-12-25(33)13-10-22)17-31(38)37(20-30-34-15-16-36(30)2)26-14-11-23-5-3-8-29(28(23)19-26)35-39-27-7-4-6-24(32)18-27;1-2/h4,6-7,9-16,18-19,21,29,35H,3,5,8,17,20H2,1-2H3;1-2H3/t21-,29?;/m0./s1. The molecule has 3 aromatic carbocycles. The van der Waals surface area contributed by atoms with Gasteiger partial charge in [-0.05, 0) is 96.3 Å². The number of hydrogen-bond donors (Lipinski definition) is 1. The number of nitrogens with zero attached hydrogens (tertiary/aromatic N) is 3. The van der Waals surface area contributed by atoms with Crippen molar-refractivity contribution in [3.05, 3.63) is 112 Å². The predicted molar refractivity (Wildman–Crippen MR) is 168 cm³/mol. The van der Waals surface area contributed by atoms with Crippen molar-refractivity contribution in [2.24, 2.45) is 7.05 Å². The minimum Gasteiger partial charge on any atom is -0.337 e. The van der Waals surface area contributed by atoms with Crippen LogP contribution < -0.4 is 9.62 Å². The number of carbonyl (C=O) groups excluding carboxylic acids is 1. The number of nitrogens with one attached hydrogen (secondary N) is 1. The van der Waals surface area contributed by atoms with Crippen LogP contribution >= 0.6 is 23.5 Å². The van der Waals surface area contributed by atoms with Gasteiger partial charge in [-0.15, -0.1) is 0 Å². The average molecular weight is 593 g/mol. The van der Waals surface area contributed by atoms with Crippen LogP contribution in [-0.4, -0.2) is 15.5 Å². The van der Waals surface area contributed by atoms with Crippen molar-refractivity contribution in [3.8, 4) is 0 Å². The summed E-state index contributed by atoms with van der Waals surface area (Å²) in [7, 11) is 1.94. The molecule has 1 aliphatic rings. The summed E-state index contributed by atoms with van der Waals surface area (Å²) in [6.45, 7) is 6.37. The number of aryl methyl sites for hydroxylation is 2. The fourth-order valence-electron chi connectivity index (χ4n) is 5.04. The van der Waals surface area contributed by atoms with Gasteiger partial charge in [0.15, 0.2) is 0 Å². The molecule has 1 aromatic heterocycles. The van der Waals surface area contributed by atoms with Crippen molar-refractivity contribution in [2.75, 3.05) is 4.90 Å². The summed E-state index contributed by atoms with van der Waals surface area (Å²) in [6, 6.07) is 20.7. The molecule has 5 nitrogen and oxygen atoms in total. The predicted octanol–water partition coefficient (Wildman–Crippen LogP) is 8.64. The number of rotatable bonds is 9. The van der Waals surface area contributed by atoms with E-state index in [1.54, 1.807) is 30.3 Å². The molecule has 0 aliphatic heterocycles. The first kappa shape index (κ1) is 30.8. The molecule has 4 aromatic rings. The van der Waals surface area contributed by atoms with Crippen LogP contribution in [0.2, 0.25) is 5.02 Å². The molecule has 2 atom stereocenters. The van der Waals surface area contributed by atoms with Crippen LogP contribution in [0.1, 0.15) is 74.5 Å². The molecular weight excluding hydrogens is 555 g/mol. The lowest BCUT2D eigenvalue weighted by Gasteiger charge is -2.30. The Morgan fingerprint density at radius 1 is 1.17 bits per heavy atom. The number of fused-ring (bicyclic) bond motifs is 1. The molecule has 1 aliphatic carbocycles. The van der Waals surface area contributed by atoms with Crippen molar-refractivity contribution in [3.63, 3.8) is 0 Å². The molecule has 0 bridgehead atoms. The highest BCUT2D eigenvalue weighted by atomic mass is 35.5. The van der Waals surface area contributed by atoms with Crippen molar-refractivity contribution < 1.29 is 9.18 Å². The molecule has 216 valence electrons. The molecule has 8 heteroatoms. The Labute approximate surface area is 252 Å². The van der Waals surface area contributed by atoms with E-state index in [1.807, 2.05) is 67.7 Å². The molecule has 1 unspecified atom stereocenters. The Morgan fingerprint density at radius 2 is 1.95 bits per heavy atom.